The van der Waals surface area contributed by atoms with Crippen LogP contribution in [0.5, 0.6) is 5.75 Å². The largest absolute Gasteiger partial charge is 0.493 e. The number of hydrogen-bond acceptors (Lipinski definition) is 2. The second kappa shape index (κ2) is 6.42. The van der Waals surface area contributed by atoms with Crippen LogP contribution in [0.25, 0.3) is 0 Å². The van der Waals surface area contributed by atoms with Gasteiger partial charge in [-0.1, -0.05) is 29.8 Å². The van der Waals surface area contributed by atoms with Gasteiger partial charge in [-0.05, 0) is 65.5 Å². The lowest BCUT2D eigenvalue weighted by molar-refractivity contribution is 0.219. The SMILES string of the molecule is CCOc1ccc(C(O)c2cc(C)ccc2C)cc1Br. The summed E-state index contributed by atoms with van der Waals surface area (Å²) in [5.74, 6) is 0.796. The van der Waals surface area contributed by atoms with Gasteiger partial charge in [-0.3, -0.25) is 0 Å². The molecule has 1 unspecified atom stereocenters. The molecule has 20 heavy (non-hydrogen) atoms. The summed E-state index contributed by atoms with van der Waals surface area (Å²) in [7, 11) is 0. The molecule has 0 saturated carbocycles. The van der Waals surface area contributed by atoms with Crippen molar-refractivity contribution in [2.24, 2.45) is 0 Å². The molecule has 1 atom stereocenters. The third-order valence-corrected chi connectivity index (χ3v) is 3.92. The molecule has 0 aliphatic rings. The van der Waals surface area contributed by atoms with Crippen LogP contribution in [0.1, 0.15) is 35.3 Å². The predicted molar refractivity (Wildman–Crippen MR) is 85.3 cm³/mol. The first-order chi connectivity index (χ1) is 9.52. The van der Waals surface area contributed by atoms with Gasteiger partial charge >= 0.3 is 0 Å². The summed E-state index contributed by atoms with van der Waals surface area (Å²) >= 11 is 3.49. The van der Waals surface area contributed by atoms with Crippen molar-refractivity contribution in [2.45, 2.75) is 26.9 Å². The second-order valence-electron chi connectivity index (χ2n) is 4.89. The van der Waals surface area contributed by atoms with Crippen LogP contribution in [-0.4, -0.2) is 11.7 Å². The highest BCUT2D eigenvalue weighted by Gasteiger charge is 2.14. The monoisotopic (exact) mass is 334 g/mol. The number of halogens is 1. The molecule has 3 heteroatoms. The van der Waals surface area contributed by atoms with E-state index in [2.05, 4.69) is 22.0 Å². The quantitative estimate of drug-likeness (QED) is 0.888. The number of benzene rings is 2. The van der Waals surface area contributed by atoms with Crippen molar-refractivity contribution in [3.63, 3.8) is 0 Å². The summed E-state index contributed by atoms with van der Waals surface area (Å²) in [6.07, 6.45) is -0.623. The normalized spacial score (nSPS) is 12.2. The molecule has 0 spiro atoms. The molecule has 2 aromatic rings. The number of aliphatic hydroxyl groups excluding tert-OH is 1. The predicted octanol–water partition coefficient (Wildman–Crippen LogP) is 4.55. The van der Waals surface area contributed by atoms with E-state index < -0.39 is 6.10 Å². The van der Waals surface area contributed by atoms with Gasteiger partial charge in [0.1, 0.15) is 11.9 Å². The summed E-state index contributed by atoms with van der Waals surface area (Å²) in [6, 6.07) is 11.8. The Labute approximate surface area is 128 Å². The topological polar surface area (TPSA) is 29.5 Å². The minimum Gasteiger partial charge on any atom is -0.493 e. The van der Waals surface area contributed by atoms with Crippen LogP contribution in [0.15, 0.2) is 40.9 Å². The minimum absolute atomic E-state index is 0.623. The summed E-state index contributed by atoms with van der Waals surface area (Å²) in [5.41, 5.74) is 4.04. The van der Waals surface area contributed by atoms with Crippen molar-refractivity contribution in [2.75, 3.05) is 6.61 Å². The molecule has 2 rings (SSSR count). The highest BCUT2D eigenvalue weighted by atomic mass is 79.9. The molecular formula is C17H19BrO2. The van der Waals surface area contributed by atoms with Crippen LogP contribution in [0.3, 0.4) is 0 Å². The summed E-state index contributed by atoms with van der Waals surface area (Å²) in [6.45, 7) is 6.62. The van der Waals surface area contributed by atoms with E-state index in [1.165, 1.54) is 0 Å². The van der Waals surface area contributed by atoms with Crippen LogP contribution in [0.4, 0.5) is 0 Å². The maximum atomic E-state index is 10.6. The maximum absolute atomic E-state index is 10.6. The summed E-state index contributed by atoms with van der Waals surface area (Å²) in [5, 5.41) is 10.6. The van der Waals surface area contributed by atoms with Crippen molar-refractivity contribution < 1.29 is 9.84 Å². The van der Waals surface area contributed by atoms with Crippen LogP contribution in [-0.2, 0) is 0 Å². The van der Waals surface area contributed by atoms with Crippen molar-refractivity contribution in [1.29, 1.82) is 0 Å². The highest BCUT2D eigenvalue weighted by Crippen LogP contribution is 2.32. The van der Waals surface area contributed by atoms with E-state index in [4.69, 9.17) is 4.74 Å². The number of rotatable bonds is 4. The van der Waals surface area contributed by atoms with Gasteiger partial charge in [0.15, 0.2) is 0 Å². The molecule has 2 nitrogen and oxygen atoms in total. The maximum Gasteiger partial charge on any atom is 0.133 e. The molecule has 0 saturated heterocycles. The van der Waals surface area contributed by atoms with Crippen LogP contribution in [0.2, 0.25) is 0 Å². The van der Waals surface area contributed by atoms with E-state index in [-0.39, 0.29) is 0 Å². The van der Waals surface area contributed by atoms with E-state index in [9.17, 15) is 5.11 Å². The van der Waals surface area contributed by atoms with Crippen LogP contribution in [0, 0.1) is 13.8 Å². The van der Waals surface area contributed by atoms with E-state index >= 15 is 0 Å². The smallest absolute Gasteiger partial charge is 0.133 e. The number of aliphatic hydroxyl groups is 1. The molecule has 0 aliphatic heterocycles. The Morgan fingerprint density at radius 3 is 2.55 bits per heavy atom. The number of aryl methyl sites for hydroxylation is 2. The lowest BCUT2D eigenvalue weighted by atomic mass is 9.96. The van der Waals surface area contributed by atoms with Gasteiger partial charge in [0.2, 0.25) is 0 Å². The third-order valence-electron chi connectivity index (χ3n) is 3.30. The Morgan fingerprint density at radius 2 is 1.90 bits per heavy atom. The first-order valence-electron chi connectivity index (χ1n) is 6.70. The molecule has 0 radical (unpaired) electrons. The fraction of sp³-hybridized carbons (Fsp3) is 0.294. The summed E-state index contributed by atoms with van der Waals surface area (Å²) < 4.78 is 6.35. The van der Waals surface area contributed by atoms with Crippen molar-refractivity contribution in [3.8, 4) is 5.75 Å². The fourth-order valence-electron chi connectivity index (χ4n) is 2.19. The van der Waals surface area contributed by atoms with Crippen molar-refractivity contribution in [3.05, 3.63) is 63.1 Å². The first-order valence-corrected chi connectivity index (χ1v) is 7.49. The molecule has 106 valence electrons. The highest BCUT2D eigenvalue weighted by molar-refractivity contribution is 9.10. The van der Waals surface area contributed by atoms with Crippen molar-refractivity contribution >= 4 is 15.9 Å². The lowest BCUT2D eigenvalue weighted by Crippen LogP contribution is -2.03. The Bertz CT molecular complexity index is 608. The molecule has 2 aromatic carbocycles. The second-order valence-corrected chi connectivity index (χ2v) is 5.74. The molecule has 0 amide bonds. The fourth-order valence-corrected chi connectivity index (χ4v) is 2.70. The van der Waals surface area contributed by atoms with Gasteiger partial charge in [0.05, 0.1) is 11.1 Å². The van der Waals surface area contributed by atoms with E-state index in [0.717, 1.165) is 32.5 Å². The van der Waals surface area contributed by atoms with E-state index in [0.29, 0.717) is 6.61 Å². The Balaban J connectivity index is 2.35. The number of hydrogen-bond donors (Lipinski definition) is 1. The average Bonchev–Trinajstić information content (AvgIpc) is 2.43. The van der Waals surface area contributed by atoms with Gasteiger partial charge in [-0.25, -0.2) is 0 Å². The summed E-state index contributed by atoms with van der Waals surface area (Å²) in [4.78, 5) is 0. The standard InChI is InChI=1S/C17H19BrO2/c1-4-20-16-8-7-13(10-15(16)18)17(19)14-9-11(2)5-6-12(14)3/h5-10,17,19H,4H2,1-3H3. The van der Waals surface area contributed by atoms with Crippen molar-refractivity contribution in [1.82, 2.24) is 0 Å². The van der Waals surface area contributed by atoms with Gasteiger partial charge in [0.25, 0.3) is 0 Å². The molecular weight excluding hydrogens is 316 g/mol. The molecule has 1 N–H and O–H groups in total. The van der Waals surface area contributed by atoms with Gasteiger partial charge in [-0.15, -0.1) is 0 Å². The third kappa shape index (κ3) is 3.22. The van der Waals surface area contributed by atoms with E-state index in [1.807, 2.05) is 51.1 Å². The molecule has 0 heterocycles. The molecule has 0 aromatic heterocycles. The van der Waals surface area contributed by atoms with Crippen LogP contribution >= 0.6 is 15.9 Å². The lowest BCUT2D eigenvalue weighted by Gasteiger charge is -2.16. The molecule has 0 fully saturated rings. The Morgan fingerprint density at radius 1 is 1.15 bits per heavy atom. The Hall–Kier alpha value is -1.32. The average molecular weight is 335 g/mol. The number of ether oxygens (including phenoxy) is 1. The van der Waals surface area contributed by atoms with Gasteiger partial charge < -0.3 is 9.84 Å². The van der Waals surface area contributed by atoms with E-state index in [1.54, 1.807) is 0 Å². The Kier molecular flexibility index (Phi) is 4.84. The minimum atomic E-state index is -0.623. The van der Waals surface area contributed by atoms with Gasteiger partial charge in [-0.2, -0.15) is 0 Å². The van der Waals surface area contributed by atoms with Gasteiger partial charge in [0, 0.05) is 0 Å². The molecule has 0 aliphatic carbocycles. The molecule has 0 bridgehead atoms. The zero-order valence-corrected chi connectivity index (χ0v) is 13.6. The first kappa shape index (κ1) is 15.1. The zero-order valence-electron chi connectivity index (χ0n) is 12.0. The van der Waals surface area contributed by atoms with Crippen LogP contribution < -0.4 is 4.74 Å². The zero-order chi connectivity index (χ0) is 14.7.